The second kappa shape index (κ2) is 8.59. The van der Waals surface area contributed by atoms with E-state index in [0.717, 1.165) is 14.0 Å². The highest BCUT2D eigenvalue weighted by Crippen LogP contribution is 2.29. The van der Waals surface area contributed by atoms with E-state index >= 15 is 0 Å². The van der Waals surface area contributed by atoms with E-state index in [1.165, 1.54) is 0 Å². The monoisotopic (exact) mass is 452 g/mol. The molecule has 0 atom stereocenters. The average molecular weight is 452 g/mol. The highest BCUT2D eigenvalue weighted by molar-refractivity contribution is 7.91. The molecule has 0 saturated carbocycles. The molecule has 0 aliphatic rings. The number of rotatable bonds is 7. The minimum Gasteiger partial charge on any atom is -0.383 e. The van der Waals surface area contributed by atoms with Crippen LogP contribution in [-0.4, -0.2) is 75.1 Å². The molecule has 0 radical (unpaired) electrons. The minimum absolute atomic E-state index is 0.446. The standard InChI is InChI=1S/C10H14F6N2O7S2/c1-3-4-17(26(21,22)9(11,12)13)7(19)8(20)18(5-6-25-2)27(23,24)10(14,15)16/h3-6H2,1-2H3. The zero-order valence-electron chi connectivity index (χ0n) is 13.7. The molecule has 0 aliphatic heterocycles. The summed E-state index contributed by atoms with van der Waals surface area (Å²) in [5, 5.41) is 0. The molecule has 0 spiro atoms. The maximum Gasteiger partial charge on any atom is 0.516 e. The van der Waals surface area contributed by atoms with Crippen molar-refractivity contribution in [1.29, 1.82) is 0 Å². The topological polar surface area (TPSA) is 118 Å². The lowest BCUT2D eigenvalue weighted by Crippen LogP contribution is -2.55. The molecule has 17 heteroatoms. The van der Waals surface area contributed by atoms with E-state index in [-0.39, 0.29) is 0 Å². The third-order valence-corrected chi connectivity index (χ3v) is 5.75. The van der Waals surface area contributed by atoms with Gasteiger partial charge in [-0.25, -0.2) is 8.61 Å². The SMILES string of the molecule is CCCN(C(=O)C(=O)N(CCOC)S(=O)(=O)C(F)(F)F)S(=O)(=O)C(F)(F)F. The molecule has 0 aromatic rings. The van der Waals surface area contributed by atoms with Crippen molar-refractivity contribution in [2.45, 2.75) is 24.4 Å². The summed E-state index contributed by atoms with van der Waals surface area (Å²) >= 11 is 0. The van der Waals surface area contributed by atoms with Gasteiger partial charge in [0.05, 0.1) is 13.2 Å². The number of methoxy groups -OCH3 is 1. The van der Waals surface area contributed by atoms with Crippen molar-refractivity contribution in [2.24, 2.45) is 0 Å². The molecule has 0 bridgehead atoms. The minimum atomic E-state index is -6.50. The second-order valence-electron chi connectivity index (χ2n) is 4.65. The van der Waals surface area contributed by atoms with E-state index < -0.39 is 77.6 Å². The molecule has 27 heavy (non-hydrogen) atoms. The summed E-state index contributed by atoms with van der Waals surface area (Å²) in [6, 6.07) is 0. The molecule has 9 nitrogen and oxygen atoms in total. The predicted molar refractivity (Wildman–Crippen MR) is 75.5 cm³/mol. The van der Waals surface area contributed by atoms with Gasteiger partial charge in [-0.05, 0) is 6.42 Å². The number of sulfonamides is 2. The Labute approximate surface area is 149 Å². The lowest BCUT2D eigenvalue weighted by atomic mass is 10.4. The Morgan fingerprint density at radius 3 is 1.41 bits per heavy atom. The maximum absolute atomic E-state index is 12.7. The summed E-state index contributed by atoms with van der Waals surface area (Å²) in [7, 11) is -12.1. The van der Waals surface area contributed by atoms with Crippen molar-refractivity contribution in [1.82, 2.24) is 8.61 Å². The fraction of sp³-hybridized carbons (Fsp3) is 0.800. The number of amides is 2. The largest absolute Gasteiger partial charge is 0.516 e. The van der Waals surface area contributed by atoms with Crippen molar-refractivity contribution >= 4 is 31.9 Å². The molecule has 0 aromatic heterocycles. The number of carbonyl (C=O) groups is 2. The van der Waals surface area contributed by atoms with Crippen LogP contribution in [0.2, 0.25) is 0 Å². The highest BCUT2D eigenvalue weighted by Gasteiger charge is 2.56. The van der Waals surface area contributed by atoms with Crippen LogP contribution in [0.3, 0.4) is 0 Å². The van der Waals surface area contributed by atoms with Gasteiger partial charge in [0.1, 0.15) is 0 Å². The van der Waals surface area contributed by atoms with Gasteiger partial charge >= 0.3 is 42.9 Å². The molecular weight excluding hydrogens is 438 g/mol. The number of hydrogen-bond acceptors (Lipinski definition) is 7. The number of ether oxygens (including phenoxy) is 1. The van der Waals surface area contributed by atoms with Crippen LogP contribution in [0.1, 0.15) is 13.3 Å². The van der Waals surface area contributed by atoms with Crippen LogP contribution in [0.25, 0.3) is 0 Å². The second-order valence-corrected chi connectivity index (χ2v) is 8.36. The average Bonchev–Trinajstić information content (AvgIpc) is 2.49. The predicted octanol–water partition coefficient (Wildman–Crippen LogP) is 0.399. The summed E-state index contributed by atoms with van der Waals surface area (Å²) in [6.07, 6.45) is -0.446. The third kappa shape index (κ3) is 5.44. The first kappa shape index (κ1) is 25.4. The van der Waals surface area contributed by atoms with E-state index in [9.17, 15) is 52.8 Å². The van der Waals surface area contributed by atoms with Crippen LogP contribution >= 0.6 is 0 Å². The van der Waals surface area contributed by atoms with Gasteiger partial charge in [0, 0.05) is 13.7 Å². The number of alkyl halides is 6. The fourth-order valence-electron chi connectivity index (χ4n) is 1.50. The Morgan fingerprint density at radius 2 is 1.15 bits per heavy atom. The Kier molecular flexibility index (Phi) is 8.08. The van der Waals surface area contributed by atoms with E-state index in [2.05, 4.69) is 4.74 Å². The zero-order valence-corrected chi connectivity index (χ0v) is 15.3. The van der Waals surface area contributed by atoms with Gasteiger partial charge in [-0.2, -0.15) is 43.2 Å². The van der Waals surface area contributed by atoms with Crippen molar-refractivity contribution < 1.29 is 57.5 Å². The molecule has 2 amide bonds. The molecule has 0 heterocycles. The van der Waals surface area contributed by atoms with Gasteiger partial charge in [-0.3, -0.25) is 9.59 Å². The molecule has 0 aliphatic carbocycles. The lowest BCUT2D eigenvalue weighted by molar-refractivity contribution is -0.147. The van der Waals surface area contributed by atoms with Crippen LogP contribution in [0, 0.1) is 0 Å². The molecule has 0 fully saturated rings. The van der Waals surface area contributed by atoms with Gasteiger partial charge in [-0.15, -0.1) is 0 Å². The van der Waals surface area contributed by atoms with Crippen molar-refractivity contribution in [3.8, 4) is 0 Å². The van der Waals surface area contributed by atoms with Crippen LogP contribution < -0.4 is 0 Å². The quantitative estimate of drug-likeness (QED) is 0.405. The van der Waals surface area contributed by atoms with Gasteiger partial charge in [-0.1, -0.05) is 6.92 Å². The Morgan fingerprint density at radius 1 is 0.815 bits per heavy atom. The zero-order chi connectivity index (χ0) is 21.8. The van der Waals surface area contributed by atoms with Crippen molar-refractivity contribution in [3.05, 3.63) is 0 Å². The van der Waals surface area contributed by atoms with Crippen LogP contribution in [0.4, 0.5) is 26.3 Å². The van der Waals surface area contributed by atoms with Crippen LogP contribution in [0.5, 0.6) is 0 Å². The van der Waals surface area contributed by atoms with E-state index in [1.807, 2.05) is 0 Å². The van der Waals surface area contributed by atoms with Gasteiger partial charge < -0.3 is 4.74 Å². The molecule has 0 aromatic carbocycles. The smallest absolute Gasteiger partial charge is 0.383 e. The number of hydrogen-bond donors (Lipinski definition) is 0. The Balaban J connectivity index is 6.20. The van der Waals surface area contributed by atoms with Crippen molar-refractivity contribution in [3.63, 3.8) is 0 Å². The first-order valence-electron chi connectivity index (χ1n) is 6.72. The Bertz CT molecular complexity index is 760. The first-order chi connectivity index (χ1) is 12.0. The third-order valence-electron chi connectivity index (χ3n) is 2.73. The summed E-state index contributed by atoms with van der Waals surface area (Å²) < 4.78 is 124. The van der Waals surface area contributed by atoms with Gasteiger partial charge in [0.25, 0.3) is 0 Å². The molecular formula is C10H14F6N2O7S2. The van der Waals surface area contributed by atoms with Crippen molar-refractivity contribution in [2.75, 3.05) is 26.8 Å². The van der Waals surface area contributed by atoms with Gasteiger partial charge in [0.15, 0.2) is 0 Å². The lowest BCUT2D eigenvalue weighted by Gasteiger charge is -2.26. The highest BCUT2D eigenvalue weighted by atomic mass is 32.2. The summed E-state index contributed by atoms with van der Waals surface area (Å²) in [5.74, 6) is -5.25. The first-order valence-corrected chi connectivity index (χ1v) is 9.60. The Hall–Kier alpha value is -1.62. The normalized spacial score (nSPS) is 13.3. The molecule has 0 N–H and O–H groups in total. The van der Waals surface area contributed by atoms with Crippen LogP contribution in [-0.2, 0) is 34.4 Å². The number of nitrogens with zero attached hydrogens (tertiary/aromatic N) is 2. The number of carbonyl (C=O) groups excluding carboxylic acids is 2. The van der Waals surface area contributed by atoms with Gasteiger partial charge in [0.2, 0.25) is 0 Å². The van der Waals surface area contributed by atoms with E-state index in [0.29, 0.717) is 0 Å². The molecule has 0 saturated heterocycles. The molecule has 0 rings (SSSR count). The summed E-state index contributed by atoms with van der Waals surface area (Å²) in [5.41, 5.74) is -12.1. The van der Waals surface area contributed by atoms with E-state index in [1.54, 1.807) is 0 Å². The van der Waals surface area contributed by atoms with Crippen LogP contribution in [0.15, 0.2) is 0 Å². The fourth-order valence-corrected chi connectivity index (χ4v) is 3.33. The summed E-state index contributed by atoms with van der Waals surface area (Å²) in [4.78, 5) is 23.8. The number of halogens is 6. The maximum atomic E-state index is 12.7. The van der Waals surface area contributed by atoms with E-state index in [4.69, 9.17) is 0 Å². The molecule has 160 valence electrons. The summed E-state index contributed by atoms with van der Waals surface area (Å²) in [6.45, 7) is -2.37. The molecule has 0 unspecified atom stereocenters.